The lowest BCUT2D eigenvalue weighted by Gasteiger charge is -2.27. The van der Waals surface area contributed by atoms with Crippen LogP contribution in [0.4, 0.5) is 20.4 Å². The number of fused-ring (bicyclic) bond motifs is 2. The number of hydrogen-bond donors (Lipinski definition) is 9. The van der Waals surface area contributed by atoms with Crippen molar-refractivity contribution in [2.45, 2.75) is 87.2 Å². The predicted octanol–water partition coefficient (Wildman–Crippen LogP) is 1.26. The van der Waals surface area contributed by atoms with Gasteiger partial charge in [-0.15, -0.1) is 0 Å². The van der Waals surface area contributed by atoms with Crippen molar-refractivity contribution < 1.29 is 77.5 Å². The van der Waals surface area contributed by atoms with Gasteiger partial charge in [0.25, 0.3) is 11.2 Å². The number of nitrogens with two attached hydrogens (primary N) is 2. The molecule has 8 atom stereocenters. The third-order valence-electron chi connectivity index (χ3n) is 11.7. The van der Waals surface area contributed by atoms with Crippen LogP contribution in [0.15, 0.2) is 67.8 Å². The highest BCUT2D eigenvalue weighted by molar-refractivity contribution is 6.29. The Morgan fingerprint density at radius 3 is 1.59 bits per heavy atom. The zero-order valence-corrected chi connectivity index (χ0v) is 38.6. The monoisotopic (exact) mass is 1080 g/mol. The number of carboxylic acid groups (broad SMARTS) is 4. The molecule has 2 aliphatic heterocycles. The van der Waals surface area contributed by atoms with Gasteiger partial charge in [-0.3, -0.25) is 18.9 Å². The molecule has 28 nitrogen and oxygen atoms in total. The number of nitrogens with zero attached hydrogens (tertiary/aromatic N) is 11. The molecular formula is C42H44Cl2F2N14O14. The first kappa shape index (κ1) is 54.2. The molecule has 8 heterocycles. The van der Waals surface area contributed by atoms with Gasteiger partial charge < -0.3 is 61.1 Å². The number of carbonyl (C=O) groups is 4. The van der Waals surface area contributed by atoms with Crippen LogP contribution in [0.3, 0.4) is 0 Å². The number of rotatable bonds is 18. The summed E-state index contributed by atoms with van der Waals surface area (Å²) in [5, 5.41) is 69.6. The Kier molecular flexibility index (Phi) is 16.0. The third-order valence-corrected chi connectivity index (χ3v) is 12.0. The van der Waals surface area contributed by atoms with E-state index in [4.69, 9.17) is 53.6 Å². The van der Waals surface area contributed by atoms with Gasteiger partial charge in [-0.05, 0) is 39.9 Å². The van der Waals surface area contributed by atoms with Gasteiger partial charge in [0.15, 0.2) is 47.7 Å². The summed E-state index contributed by atoms with van der Waals surface area (Å²) in [5.41, 5.74) is 7.79. The van der Waals surface area contributed by atoms with E-state index < -0.39 is 110 Å². The molecule has 1 aromatic carbocycles. The Morgan fingerprint density at radius 1 is 0.703 bits per heavy atom. The van der Waals surface area contributed by atoms with Gasteiger partial charge in [-0.2, -0.15) is 30.1 Å². The van der Waals surface area contributed by atoms with Crippen LogP contribution in [0.2, 0.25) is 10.6 Å². The number of imidazole rings is 2. The summed E-state index contributed by atoms with van der Waals surface area (Å²) >= 11 is 11.7. The van der Waals surface area contributed by atoms with Crippen LogP contribution in [-0.4, -0.2) is 175 Å². The van der Waals surface area contributed by atoms with Crippen LogP contribution >= 0.6 is 23.2 Å². The van der Waals surface area contributed by atoms with Crippen molar-refractivity contribution in [1.82, 2.24) is 59.0 Å². The number of anilines is 2. The van der Waals surface area contributed by atoms with Crippen LogP contribution < -0.4 is 11.5 Å². The number of aliphatic hydroxyl groups is 2. The van der Waals surface area contributed by atoms with E-state index in [0.29, 0.717) is 6.54 Å². The molecule has 0 spiro atoms. The number of nitrogens with one attached hydrogen (secondary N) is 1. The second-order valence-corrected chi connectivity index (χ2v) is 17.1. The first-order valence-electron chi connectivity index (χ1n) is 21.2. The zero-order chi connectivity index (χ0) is 52.5. The summed E-state index contributed by atoms with van der Waals surface area (Å²) in [5.74, 6) is -7.27. The topological polar surface area (TPSA) is 412 Å². The highest BCUT2D eigenvalue weighted by atomic mass is 35.5. The lowest BCUT2D eigenvalue weighted by molar-refractivity contribution is -0.191. The van der Waals surface area contributed by atoms with Gasteiger partial charge in [0.05, 0.1) is 44.8 Å². The molecule has 0 bridgehead atoms. The standard InChI is InChI=1S/C24H23ClFN7O7.C17H17ClFN7O7.CH4/c25-23-30-18(27)16-19(31-23)33(11-28-16)20-15(26)17(34)14(40-20)10-39-24(21(35)36,22(37)38)6-13-7-29-32(9-13)8-12-4-2-1-3-5-12;18-16-24-11(20)9-12(25-16)26(5-21-9)13-8(19)10(27)7(33-13)4-32-17(14(28)29,15(30)31)1-6-2-22-23-3-6;/h1-5,7,9,11,14-15,17,20,34H,6,8,10H2,(H,35,36)(H,37,38)(H2,27,30,31);2-3,5,7-8,10,13,27H,1,4H2,(H,22,23)(H,28,29)(H,30,31)(H2,20,24,25);1H4/t14-,15+,17-,20-;7-,8+,10-,13-;/m11./s1. The van der Waals surface area contributed by atoms with E-state index in [9.17, 15) is 54.2 Å². The fraction of sp³-hybridized carbons (Fsp3) is 0.381. The molecule has 7 aromatic rings. The number of ether oxygens (including phenoxy) is 4. The van der Waals surface area contributed by atoms with Gasteiger partial charge in [0, 0.05) is 25.2 Å². The average molecular weight is 1080 g/mol. The van der Waals surface area contributed by atoms with Crippen molar-refractivity contribution >= 4 is 81.0 Å². The maximum Gasteiger partial charge on any atom is 0.348 e. The summed E-state index contributed by atoms with van der Waals surface area (Å²) in [7, 11) is 0. The normalized spacial score (nSPS) is 21.8. The molecule has 0 saturated carbocycles. The van der Waals surface area contributed by atoms with E-state index in [1.165, 1.54) is 35.8 Å². The number of aliphatic carboxylic acids is 4. The van der Waals surface area contributed by atoms with Crippen molar-refractivity contribution in [1.29, 1.82) is 0 Å². The molecule has 32 heteroatoms. The molecule has 6 aromatic heterocycles. The SMILES string of the molecule is C.Nc1nc(Cl)nc2c1ncn2[C@@H]1O[C@H](COC(Cc2cn[nH]c2)(C(=O)O)C(=O)O)[C@@H](O)[C@@H]1F.Nc1nc(Cl)nc2c1ncn2[C@@H]1O[C@H](COC(Cc2cnn(Cc3ccccc3)c2)(C(=O)O)C(=O)O)[C@@H](O)[C@@H]1F. The molecule has 0 radical (unpaired) electrons. The zero-order valence-electron chi connectivity index (χ0n) is 37.0. The van der Waals surface area contributed by atoms with E-state index in [1.807, 2.05) is 30.3 Å². The van der Waals surface area contributed by atoms with Crippen molar-refractivity contribution in [3.05, 3.63) is 95.0 Å². The van der Waals surface area contributed by atoms with Crippen molar-refractivity contribution in [2.75, 3.05) is 24.7 Å². The molecule has 0 unspecified atom stereocenters. The minimum Gasteiger partial charge on any atom is -0.479 e. The molecule has 2 aliphatic rings. The van der Waals surface area contributed by atoms with Crippen molar-refractivity contribution in [3.8, 4) is 0 Å². The summed E-state index contributed by atoms with van der Waals surface area (Å²) in [6.45, 7) is -1.14. The highest BCUT2D eigenvalue weighted by Gasteiger charge is 2.54. The quantitative estimate of drug-likeness (QED) is 0.0431. The molecule has 2 saturated heterocycles. The Morgan fingerprint density at radius 2 is 1.16 bits per heavy atom. The summed E-state index contributed by atoms with van der Waals surface area (Å²) in [6.07, 6.45) is -6.89. The number of nitrogen functional groups attached to an aromatic ring is 2. The first-order chi connectivity index (χ1) is 34.7. The number of hydrogen-bond acceptors (Lipinski definition) is 20. The maximum atomic E-state index is 15.2. The van der Waals surface area contributed by atoms with Crippen LogP contribution in [0.25, 0.3) is 22.3 Å². The Balaban J connectivity index is 0.000000217. The molecular weight excluding hydrogens is 1030 g/mol. The Hall–Kier alpha value is -7.58. The number of carboxylic acids is 4. The van der Waals surface area contributed by atoms with Gasteiger partial charge in [0.2, 0.25) is 10.6 Å². The molecule has 11 N–H and O–H groups in total. The van der Waals surface area contributed by atoms with Crippen LogP contribution in [0, 0.1) is 0 Å². The molecule has 74 heavy (non-hydrogen) atoms. The Bertz CT molecular complexity index is 3120. The van der Waals surface area contributed by atoms with Crippen molar-refractivity contribution in [2.24, 2.45) is 0 Å². The second-order valence-electron chi connectivity index (χ2n) is 16.4. The number of aliphatic hydroxyl groups excluding tert-OH is 2. The number of H-pyrrole nitrogens is 1. The first-order valence-corrected chi connectivity index (χ1v) is 22.0. The molecule has 394 valence electrons. The summed E-state index contributed by atoms with van der Waals surface area (Å²) in [6, 6.07) is 9.33. The molecule has 0 aliphatic carbocycles. The largest absolute Gasteiger partial charge is 0.479 e. The number of aromatic amines is 1. The van der Waals surface area contributed by atoms with Gasteiger partial charge in [0.1, 0.15) is 35.4 Å². The van der Waals surface area contributed by atoms with E-state index in [0.717, 1.165) is 21.0 Å². The second kappa shape index (κ2) is 21.9. The van der Waals surface area contributed by atoms with E-state index in [-0.39, 0.29) is 63.1 Å². The number of aromatic nitrogens is 12. The van der Waals surface area contributed by atoms with Crippen LogP contribution in [0.1, 0.15) is 36.6 Å². The summed E-state index contributed by atoms with van der Waals surface area (Å²) < 4.78 is 55.7. The number of halogens is 4. The molecule has 9 rings (SSSR count). The molecule has 2 fully saturated rings. The number of alkyl halides is 2. The number of benzene rings is 1. The van der Waals surface area contributed by atoms with Crippen molar-refractivity contribution in [3.63, 3.8) is 0 Å². The fourth-order valence-electron chi connectivity index (χ4n) is 7.91. The fourth-order valence-corrected chi connectivity index (χ4v) is 8.25. The van der Waals surface area contributed by atoms with Gasteiger partial charge >= 0.3 is 23.9 Å². The van der Waals surface area contributed by atoms with E-state index in [1.54, 1.807) is 0 Å². The lowest BCUT2D eigenvalue weighted by atomic mass is 9.96. The third kappa shape index (κ3) is 10.6. The smallest absolute Gasteiger partial charge is 0.348 e. The highest BCUT2D eigenvalue weighted by Crippen LogP contribution is 2.37. The minimum atomic E-state index is -2.77. The maximum absolute atomic E-state index is 15.2. The van der Waals surface area contributed by atoms with Gasteiger partial charge in [-0.1, -0.05) is 37.8 Å². The van der Waals surface area contributed by atoms with Crippen LogP contribution in [-0.2, 0) is 57.5 Å². The molecule has 0 amide bonds. The average Bonchev–Trinajstić information content (AvgIpc) is 4.22. The van der Waals surface area contributed by atoms with Crippen LogP contribution in [0.5, 0.6) is 0 Å². The lowest BCUT2D eigenvalue weighted by Crippen LogP contribution is -2.52. The summed E-state index contributed by atoms with van der Waals surface area (Å²) in [4.78, 5) is 71.6. The van der Waals surface area contributed by atoms with Gasteiger partial charge in [-0.25, -0.2) is 37.9 Å². The predicted molar refractivity (Wildman–Crippen MR) is 248 cm³/mol. The Labute approximate surface area is 423 Å². The van der Waals surface area contributed by atoms with E-state index in [2.05, 4.69) is 45.2 Å². The minimum absolute atomic E-state index is 0. The van der Waals surface area contributed by atoms with E-state index >= 15 is 4.39 Å².